The van der Waals surface area contributed by atoms with E-state index >= 15 is 0 Å². The maximum atomic E-state index is 11.5. The summed E-state index contributed by atoms with van der Waals surface area (Å²) in [5.74, 6) is -1.49. The van der Waals surface area contributed by atoms with Gasteiger partial charge in [0.2, 0.25) is 0 Å². The monoisotopic (exact) mass is 310 g/mol. The molecule has 114 valence electrons. The van der Waals surface area contributed by atoms with Gasteiger partial charge in [-0.2, -0.15) is 0 Å². The van der Waals surface area contributed by atoms with E-state index in [0.717, 1.165) is 5.56 Å². The van der Waals surface area contributed by atoms with E-state index in [1.165, 1.54) is 0 Å². The van der Waals surface area contributed by atoms with Crippen molar-refractivity contribution in [2.45, 2.75) is 25.8 Å². The SMILES string of the molecule is CB(O)N1C[C@@H](N(Cl)[C@H](C)c2ccccc2)[C@H](C(=O)O)C1. The second kappa shape index (κ2) is 6.79. The zero-order valence-electron chi connectivity index (χ0n) is 12.2. The molecule has 0 radical (unpaired) electrons. The van der Waals surface area contributed by atoms with Crippen LogP contribution in [-0.2, 0) is 4.79 Å². The highest BCUT2D eigenvalue weighted by molar-refractivity contribution is 6.45. The van der Waals surface area contributed by atoms with Gasteiger partial charge in [-0.1, -0.05) is 30.3 Å². The molecule has 2 rings (SSSR count). The summed E-state index contributed by atoms with van der Waals surface area (Å²) in [6.45, 7) is 4.34. The van der Waals surface area contributed by atoms with Crippen molar-refractivity contribution in [3.63, 3.8) is 0 Å². The zero-order chi connectivity index (χ0) is 15.6. The van der Waals surface area contributed by atoms with E-state index in [-0.39, 0.29) is 12.1 Å². The lowest BCUT2D eigenvalue weighted by Crippen LogP contribution is -2.40. The van der Waals surface area contributed by atoms with E-state index in [0.29, 0.717) is 13.1 Å². The third kappa shape index (κ3) is 3.58. The largest absolute Gasteiger partial charge is 0.481 e. The molecule has 1 aromatic carbocycles. The summed E-state index contributed by atoms with van der Waals surface area (Å²) in [5, 5.41) is 19.1. The Morgan fingerprint density at radius 2 is 2.05 bits per heavy atom. The van der Waals surface area contributed by atoms with Crippen LogP contribution in [0.25, 0.3) is 0 Å². The topological polar surface area (TPSA) is 64.0 Å². The van der Waals surface area contributed by atoms with Gasteiger partial charge in [0.05, 0.1) is 12.0 Å². The van der Waals surface area contributed by atoms with Crippen LogP contribution in [0, 0.1) is 5.92 Å². The molecule has 1 aliphatic heterocycles. The molecular weight excluding hydrogens is 290 g/mol. The van der Waals surface area contributed by atoms with Gasteiger partial charge in [-0.05, 0) is 31.1 Å². The standard InChI is InChI=1S/C14H20BClN2O3/c1-10(11-6-4-3-5-7-11)18(16)13-9-17(15(2)21)8-12(13)14(19)20/h3-7,10,12-13,21H,8-9H2,1-2H3,(H,19,20)/t10-,12-,13-/m1/s1. The summed E-state index contributed by atoms with van der Waals surface area (Å²) in [4.78, 5) is 13.2. The molecule has 0 aliphatic carbocycles. The van der Waals surface area contributed by atoms with Crippen LogP contribution in [0.4, 0.5) is 0 Å². The molecule has 0 aromatic heterocycles. The fourth-order valence-electron chi connectivity index (χ4n) is 2.78. The highest BCUT2D eigenvalue weighted by Gasteiger charge is 2.44. The summed E-state index contributed by atoms with van der Waals surface area (Å²) in [7, 11) is -0.672. The van der Waals surface area contributed by atoms with Gasteiger partial charge in [0, 0.05) is 19.1 Å². The van der Waals surface area contributed by atoms with E-state index in [1.807, 2.05) is 37.3 Å². The van der Waals surface area contributed by atoms with Crippen molar-refractivity contribution >= 4 is 24.8 Å². The van der Waals surface area contributed by atoms with Crippen molar-refractivity contribution in [3.8, 4) is 0 Å². The first-order valence-electron chi connectivity index (χ1n) is 7.05. The molecule has 0 bridgehead atoms. The fourth-order valence-corrected chi connectivity index (χ4v) is 3.09. The summed E-state index contributed by atoms with van der Waals surface area (Å²) >= 11 is 6.44. The van der Waals surface area contributed by atoms with Crippen LogP contribution in [0.3, 0.4) is 0 Å². The molecule has 1 heterocycles. The molecule has 1 aliphatic rings. The highest BCUT2D eigenvalue weighted by Crippen LogP contribution is 2.32. The Hall–Kier alpha value is -1.08. The average Bonchev–Trinajstić information content (AvgIpc) is 2.92. The Morgan fingerprint density at radius 3 is 2.57 bits per heavy atom. The highest BCUT2D eigenvalue weighted by atomic mass is 35.5. The van der Waals surface area contributed by atoms with E-state index in [1.54, 1.807) is 16.1 Å². The van der Waals surface area contributed by atoms with Crippen molar-refractivity contribution in [2.75, 3.05) is 13.1 Å². The lowest BCUT2D eigenvalue weighted by molar-refractivity contribution is -0.142. The summed E-state index contributed by atoms with van der Waals surface area (Å²) in [6, 6.07) is 9.29. The third-order valence-corrected chi connectivity index (χ3v) is 4.68. The molecule has 0 amide bonds. The van der Waals surface area contributed by atoms with Gasteiger partial charge in [0.15, 0.2) is 0 Å². The van der Waals surface area contributed by atoms with Gasteiger partial charge >= 0.3 is 13.0 Å². The molecule has 2 N–H and O–H groups in total. The second-order valence-corrected chi connectivity index (χ2v) is 5.92. The second-order valence-electron chi connectivity index (χ2n) is 5.53. The molecule has 21 heavy (non-hydrogen) atoms. The van der Waals surface area contributed by atoms with Gasteiger partial charge in [0.1, 0.15) is 0 Å². The third-order valence-electron chi connectivity index (χ3n) is 4.13. The Labute approximate surface area is 130 Å². The van der Waals surface area contributed by atoms with Crippen LogP contribution in [0.1, 0.15) is 18.5 Å². The zero-order valence-corrected chi connectivity index (χ0v) is 12.9. The molecule has 1 fully saturated rings. The van der Waals surface area contributed by atoms with Gasteiger partial charge in [-0.3, -0.25) is 4.79 Å². The van der Waals surface area contributed by atoms with E-state index < -0.39 is 18.9 Å². The van der Waals surface area contributed by atoms with Crippen LogP contribution in [0.2, 0.25) is 6.82 Å². The average molecular weight is 311 g/mol. The van der Waals surface area contributed by atoms with Crippen molar-refractivity contribution in [1.29, 1.82) is 0 Å². The normalized spacial score (nSPS) is 24.2. The van der Waals surface area contributed by atoms with Crippen LogP contribution < -0.4 is 0 Å². The lowest BCUT2D eigenvalue weighted by Gasteiger charge is -2.30. The fraction of sp³-hybridized carbons (Fsp3) is 0.500. The number of carbonyl (C=O) groups is 1. The Kier molecular flexibility index (Phi) is 5.27. The molecule has 0 unspecified atom stereocenters. The minimum absolute atomic E-state index is 0.103. The quantitative estimate of drug-likeness (QED) is 0.640. The Morgan fingerprint density at radius 1 is 1.43 bits per heavy atom. The van der Waals surface area contributed by atoms with Crippen molar-refractivity contribution in [3.05, 3.63) is 35.9 Å². The minimum atomic E-state index is -0.880. The van der Waals surface area contributed by atoms with E-state index in [4.69, 9.17) is 11.8 Å². The molecule has 1 aromatic rings. The first-order chi connectivity index (χ1) is 9.91. The smallest absolute Gasteiger partial charge is 0.376 e. The molecule has 0 spiro atoms. The number of hydrogen-bond donors (Lipinski definition) is 2. The van der Waals surface area contributed by atoms with Crippen LogP contribution in [0.15, 0.2) is 30.3 Å². The molecule has 5 nitrogen and oxygen atoms in total. The van der Waals surface area contributed by atoms with Gasteiger partial charge in [-0.25, -0.2) is 4.42 Å². The summed E-state index contributed by atoms with van der Waals surface area (Å²) in [5.41, 5.74) is 1.03. The number of benzene rings is 1. The molecule has 0 saturated carbocycles. The molecule has 1 saturated heterocycles. The Balaban J connectivity index is 2.16. The minimum Gasteiger partial charge on any atom is -0.481 e. The Bertz CT molecular complexity index is 488. The number of carboxylic acid groups (broad SMARTS) is 1. The van der Waals surface area contributed by atoms with Gasteiger partial charge in [-0.15, -0.1) is 0 Å². The summed E-state index contributed by atoms with van der Waals surface area (Å²) < 4.78 is 1.58. The van der Waals surface area contributed by atoms with Crippen LogP contribution >= 0.6 is 11.8 Å². The molecule has 7 heteroatoms. The predicted octanol–water partition coefficient (Wildman–Crippen LogP) is 1.70. The van der Waals surface area contributed by atoms with Crippen LogP contribution in [0.5, 0.6) is 0 Å². The van der Waals surface area contributed by atoms with Gasteiger partial charge in [0.25, 0.3) is 0 Å². The number of hydrogen-bond acceptors (Lipinski definition) is 4. The lowest BCUT2D eigenvalue weighted by atomic mass is 9.86. The number of halogens is 1. The van der Waals surface area contributed by atoms with Crippen molar-refractivity contribution in [2.24, 2.45) is 5.92 Å². The summed E-state index contributed by atoms with van der Waals surface area (Å²) in [6.07, 6.45) is 0. The maximum absolute atomic E-state index is 11.5. The number of aliphatic carboxylic acids is 1. The van der Waals surface area contributed by atoms with Gasteiger partial charge < -0.3 is 14.9 Å². The van der Waals surface area contributed by atoms with E-state index in [2.05, 4.69) is 0 Å². The first kappa shape index (κ1) is 16.3. The molecular formula is C14H20BClN2O3. The predicted molar refractivity (Wildman–Crippen MR) is 82.9 cm³/mol. The van der Waals surface area contributed by atoms with E-state index in [9.17, 15) is 14.9 Å². The molecule has 3 atom stereocenters. The number of carboxylic acids is 1. The first-order valence-corrected chi connectivity index (χ1v) is 7.39. The van der Waals surface area contributed by atoms with Crippen molar-refractivity contribution in [1.82, 2.24) is 9.23 Å². The van der Waals surface area contributed by atoms with Crippen molar-refractivity contribution < 1.29 is 14.9 Å². The number of rotatable bonds is 5. The number of nitrogens with zero attached hydrogens (tertiary/aromatic N) is 2. The van der Waals surface area contributed by atoms with Crippen LogP contribution in [-0.4, -0.2) is 51.5 Å². The maximum Gasteiger partial charge on any atom is 0.376 e.